The Kier molecular flexibility index (Phi) is 7.60. The predicted octanol–water partition coefficient (Wildman–Crippen LogP) is 11.4. The molecule has 0 heterocycles. The Morgan fingerprint density at radius 2 is 1.69 bits per heavy atom. The molecule has 0 spiro atoms. The topological polar surface area (TPSA) is 0 Å². The van der Waals surface area contributed by atoms with Gasteiger partial charge >= 0.3 is 0 Å². The molecular formula is C39H46. The van der Waals surface area contributed by atoms with Crippen LogP contribution in [0, 0.1) is 19.8 Å². The highest BCUT2D eigenvalue weighted by molar-refractivity contribution is 5.91. The van der Waals surface area contributed by atoms with Crippen molar-refractivity contribution in [3.63, 3.8) is 0 Å². The molecule has 2 atom stereocenters. The molecule has 2 unspecified atom stereocenters. The first-order chi connectivity index (χ1) is 18.7. The molecule has 3 aromatic rings. The van der Waals surface area contributed by atoms with Gasteiger partial charge in [-0.3, -0.25) is 0 Å². The summed E-state index contributed by atoms with van der Waals surface area (Å²) in [4.78, 5) is 0. The van der Waals surface area contributed by atoms with Gasteiger partial charge in [-0.2, -0.15) is 0 Å². The molecule has 0 fully saturated rings. The molecule has 39 heavy (non-hydrogen) atoms. The van der Waals surface area contributed by atoms with Crippen LogP contribution in [0.5, 0.6) is 0 Å². The fourth-order valence-electron chi connectivity index (χ4n) is 6.81. The van der Waals surface area contributed by atoms with Crippen molar-refractivity contribution in [3.05, 3.63) is 105 Å². The standard InChI is InChI=1S/C39H46/c1-9-12-15-32(28(7)25(4)10-2)35-23-29(19-18-26(35)5)30-20-21-34-36(24-30)39(8,11-3)37-22-27(6)31-16-13-14-17-33(31)38(34)37/h12,14-15,17-25H,9-11,13,16H2,1-8H3/b15-12-,32-28-. The Balaban J connectivity index is 1.67. The van der Waals surface area contributed by atoms with Crippen LogP contribution >= 0.6 is 0 Å². The lowest BCUT2D eigenvalue weighted by Crippen LogP contribution is -2.20. The van der Waals surface area contributed by atoms with Crippen LogP contribution in [-0.2, 0) is 11.8 Å². The van der Waals surface area contributed by atoms with Crippen LogP contribution in [0.25, 0.3) is 33.9 Å². The van der Waals surface area contributed by atoms with Gasteiger partial charge in [0.05, 0.1) is 0 Å². The van der Waals surface area contributed by atoms with Crippen molar-refractivity contribution < 1.29 is 0 Å². The lowest BCUT2D eigenvalue weighted by atomic mass is 9.76. The molecule has 2 aliphatic carbocycles. The monoisotopic (exact) mass is 514 g/mol. The van der Waals surface area contributed by atoms with Crippen LogP contribution < -0.4 is 0 Å². The SMILES string of the molecule is CC/C=C\C(=C(/C)C(C)CC)c1cc(-c2ccc3c(c2)C(C)(CC)c2cc(C)c4c(c2-3)C=CCC4)ccc1C. The number of aryl methyl sites for hydroxylation is 2. The molecule has 0 saturated heterocycles. The molecule has 5 rings (SSSR count). The van der Waals surface area contributed by atoms with E-state index >= 15 is 0 Å². The highest BCUT2D eigenvalue weighted by Gasteiger charge is 2.40. The quantitative estimate of drug-likeness (QED) is 0.275. The number of fused-ring (bicyclic) bond motifs is 5. The molecule has 0 N–H and O–H groups in total. The van der Waals surface area contributed by atoms with Crippen molar-refractivity contribution in [2.24, 2.45) is 5.92 Å². The highest BCUT2D eigenvalue weighted by Crippen LogP contribution is 2.54. The van der Waals surface area contributed by atoms with Gasteiger partial charge in [-0.1, -0.05) is 94.8 Å². The molecule has 2 aliphatic rings. The zero-order chi connectivity index (χ0) is 27.9. The lowest BCUT2D eigenvalue weighted by molar-refractivity contribution is 0.564. The summed E-state index contributed by atoms with van der Waals surface area (Å²) in [5, 5.41) is 0. The van der Waals surface area contributed by atoms with Gasteiger partial charge in [0.2, 0.25) is 0 Å². The minimum absolute atomic E-state index is 0.0291. The van der Waals surface area contributed by atoms with E-state index < -0.39 is 0 Å². The van der Waals surface area contributed by atoms with E-state index in [2.05, 4.69) is 122 Å². The van der Waals surface area contributed by atoms with E-state index in [4.69, 9.17) is 0 Å². The molecule has 0 radical (unpaired) electrons. The molecule has 0 saturated carbocycles. The second-order valence-electron chi connectivity index (χ2n) is 12.1. The van der Waals surface area contributed by atoms with E-state index in [1.165, 1.54) is 66.8 Å². The first-order valence-electron chi connectivity index (χ1n) is 15.2. The number of hydrogen-bond donors (Lipinski definition) is 0. The third kappa shape index (κ3) is 4.57. The molecule has 0 heteroatoms. The van der Waals surface area contributed by atoms with Gasteiger partial charge in [-0.25, -0.2) is 0 Å². The van der Waals surface area contributed by atoms with Crippen LogP contribution in [-0.4, -0.2) is 0 Å². The highest BCUT2D eigenvalue weighted by atomic mass is 14.4. The zero-order valence-electron chi connectivity index (χ0n) is 25.5. The normalized spacial score (nSPS) is 19.1. The van der Waals surface area contributed by atoms with Gasteiger partial charge in [0.1, 0.15) is 0 Å². The Bertz CT molecular complexity index is 1510. The molecule has 0 amide bonds. The van der Waals surface area contributed by atoms with Gasteiger partial charge in [0.15, 0.2) is 0 Å². The second kappa shape index (κ2) is 10.8. The van der Waals surface area contributed by atoms with Crippen molar-refractivity contribution in [1.82, 2.24) is 0 Å². The van der Waals surface area contributed by atoms with E-state index in [1.807, 2.05) is 0 Å². The summed E-state index contributed by atoms with van der Waals surface area (Å²) in [6, 6.07) is 16.9. The van der Waals surface area contributed by atoms with Crippen molar-refractivity contribution >= 4 is 11.6 Å². The van der Waals surface area contributed by atoms with Crippen LogP contribution in [0.4, 0.5) is 0 Å². The molecule has 0 aromatic heterocycles. The fourth-order valence-corrected chi connectivity index (χ4v) is 6.81. The third-order valence-electron chi connectivity index (χ3n) is 9.89. The van der Waals surface area contributed by atoms with Crippen LogP contribution in [0.2, 0.25) is 0 Å². The molecule has 3 aromatic carbocycles. The average Bonchev–Trinajstić information content (AvgIpc) is 3.21. The predicted molar refractivity (Wildman–Crippen MR) is 172 cm³/mol. The second-order valence-corrected chi connectivity index (χ2v) is 12.1. The Morgan fingerprint density at radius 3 is 2.41 bits per heavy atom. The summed E-state index contributed by atoms with van der Waals surface area (Å²) in [7, 11) is 0. The zero-order valence-corrected chi connectivity index (χ0v) is 25.5. The number of allylic oxidation sites excluding steroid dienone is 5. The summed E-state index contributed by atoms with van der Waals surface area (Å²) in [5.74, 6) is 0.566. The van der Waals surface area contributed by atoms with E-state index in [0.29, 0.717) is 5.92 Å². The largest absolute Gasteiger partial charge is 0.0842 e. The summed E-state index contributed by atoms with van der Waals surface area (Å²) in [6.07, 6.45) is 15.1. The van der Waals surface area contributed by atoms with E-state index in [1.54, 1.807) is 5.56 Å². The summed E-state index contributed by atoms with van der Waals surface area (Å²) in [6.45, 7) is 18.6. The third-order valence-corrected chi connectivity index (χ3v) is 9.89. The number of benzene rings is 3. The molecule has 202 valence electrons. The van der Waals surface area contributed by atoms with Gasteiger partial charge < -0.3 is 0 Å². The summed E-state index contributed by atoms with van der Waals surface area (Å²) in [5.41, 5.74) is 18.7. The molecular weight excluding hydrogens is 468 g/mol. The van der Waals surface area contributed by atoms with Crippen molar-refractivity contribution in [3.8, 4) is 22.3 Å². The first kappa shape index (κ1) is 27.4. The van der Waals surface area contributed by atoms with Gasteiger partial charge in [0.25, 0.3) is 0 Å². The molecule has 0 aliphatic heterocycles. The summed E-state index contributed by atoms with van der Waals surface area (Å²) < 4.78 is 0. The van der Waals surface area contributed by atoms with Gasteiger partial charge in [0, 0.05) is 5.41 Å². The Morgan fingerprint density at radius 1 is 0.949 bits per heavy atom. The number of hydrogen-bond acceptors (Lipinski definition) is 0. The van der Waals surface area contributed by atoms with E-state index in [9.17, 15) is 0 Å². The molecule has 0 nitrogen and oxygen atoms in total. The van der Waals surface area contributed by atoms with Crippen LogP contribution in [0.15, 0.2) is 66.3 Å². The van der Waals surface area contributed by atoms with Crippen molar-refractivity contribution in [2.45, 2.75) is 92.9 Å². The molecule has 0 bridgehead atoms. The van der Waals surface area contributed by atoms with E-state index in [-0.39, 0.29) is 5.41 Å². The average molecular weight is 515 g/mol. The first-order valence-corrected chi connectivity index (χ1v) is 15.2. The van der Waals surface area contributed by atoms with Crippen molar-refractivity contribution in [1.29, 1.82) is 0 Å². The van der Waals surface area contributed by atoms with Gasteiger partial charge in [-0.15, -0.1) is 0 Å². The maximum Gasteiger partial charge on any atom is 0.0184 e. The van der Waals surface area contributed by atoms with Gasteiger partial charge in [-0.05, 0) is 138 Å². The smallest absolute Gasteiger partial charge is 0.0184 e. The van der Waals surface area contributed by atoms with E-state index in [0.717, 1.165) is 32.1 Å². The summed E-state index contributed by atoms with van der Waals surface area (Å²) >= 11 is 0. The number of rotatable bonds is 7. The Labute approximate surface area is 237 Å². The fraction of sp³-hybridized carbons (Fsp3) is 0.385. The lowest BCUT2D eigenvalue weighted by Gasteiger charge is -2.27. The van der Waals surface area contributed by atoms with Crippen molar-refractivity contribution in [2.75, 3.05) is 0 Å². The Hall–Kier alpha value is -3.12. The maximum absolute atomic E-state index is 2.51. The van der Waals surface area contributed by atoms with Crippen LogP contribution in [0.3, 0.4) is 0 Å². The van der Waals surface area contributed by atoms with Crippen LogP contribution in [0.1, 0.15) is 106 Å². The minimum atomic E-state index is 0.0291. The minimum Gasteiger partial charge on any atom is -0.0842 e. The maximum atomic E-state index is 2.51.